The Kier molecular flexibility index (Phi) is 2.28. The summed E-state index contributed by atoms with van der Waals surface area (Å²) in [6, 6.07) is 9.88. The van der Waals surface area contributed by atoms with E-state index in [0.717, 1.165) is 15.8 Å². The lowest BCUT2D eigenvalue weighted by molar-refractivity contribution is 0.887. The van der Waals surface area contributed by atoms with Gasteiger partial charge in [-0.2, -0.15) is 4.52 Å². The molecule has 1 aromatic carbocycles. The fraction of sp³-hybridized carbons (Fsp3) is 0.0714. The smallest absolute Gasteiger partial charge is 0.297 e. The SMILES string of the molecule is Cc1ccc(-c2nc3c4ccsc4[nH]c(=O)n3n2)cc1. The zero-order chi connectivity index (χ0) is 13.7. The number of nitrogens with zero attached hydrogens (tertiary/aromatic N) is 3. The van der Waals surface area contributed by atoms with Crippen LogP contribution >= 0.6 is 11.3 Å². The Morgan fingerprint density at radius 1 is 1.20 bits per heavy atom. The molecule has 4 rings (SSSR count). The Labute approximate surface area is 117 Å². The molecule has 0 aliphatic rings. The summed E-state index contributed by atoms with van der Waals surface area (Å²) < 4.78 is 1.32. The number of hydrogen-bond donors (Lipinski definition) is 1. The van der Waals surface area contributed by atoms with Gasteiger partial charge in [-0.05, 0) is 18.4 Å². The molecule has 0 saturated carbocycles. The van der Waals surface area contributed by atoms with Crippen LogP contribution < -0.4 is 5.69 Å². The monoisotopic (exact) mass is 282 g/mol. The molecule has 0 spiro atoms. The summed E-state index contributed by atoms with van der Waals surface area (Å²) >= 11 is 1.49. The largest absolute Gasteiger partial charge is 0.349 e. The number of aryl methyl sites for hydroxylation is 1. The number of rotatable bonds is 1. The second-order valence-electron chi connectivity index (χ2n) is 4.63. The summed E-state index contributed by atoms with van der Waals surface area (Å²) in [4.78, 5) is 20.1. The Balaban J connectivity index is 2.05. The van der Waals surface area contributed by atoms with E-state index in [2.05, 4.69) is 15.1 Å². The fourth-order valence-corrected chi connectivity index (χ4v) is 2.96. The van der Waals surface area contributed by atoms with E-state index in [4.69, 9.17) is 0 Å². The van der Waals surface area contributed by atoms with E-state index >= 15 is 0 Å². The molecule has 0 aliphatic heterocycles. The first-order valence-corrected chi connectivity index (χ1v) is 7.04. The molecule has 0 aliphatic carbocycles. The second-order valence-corrected chi connectivity index (χ2v) is 5.55. The predicted octanol–water partition coefficient (Wildman–Crippen LogP) is 2.61. The van der Waals surface area contributed by atoms with E-state index < -0.39 is 0 Å². The third-order valence-corrected chi connectivity index (χ3v) is 4.07. The van der Waals surface area contributed by atoms with Gasteiger partial charge in [0.2, 0.25) is 0 Å². The molecular formula is C14H10N4OS. The molecule has 98 valence electrons. The minimum Gasteiger partial charge on any atom is -0.297 e. The molecule has 0 bridgehead atoms. The van der Waals surface area contributed by atoms with Crippen molar-refractivity contribution in [3.63, 3.8) is 0 Å². The fourth-order valence-electron chi connectivity index (χ4n) is 2.19. The third-order valence-electron chi connectivity index (χ3n) is 3.24. The molecule has 0 atom stereocenters. The predicted molar refractivity (Wildman–Crippen MR) is 79.2 cm³/mol. The van der Waals surface area contributed by atoms with Gasteiger partial charge in [-0.25, -0.2) is 9.78 Å². The highest BCUT2D eigenvalue weighted by Crippen LogP contribution is 2.23. The normalized spacial score (nSPS) is 11.4. The van der Waals surface area contributed by atoms with Gasteiger partial charge in [-0.1, -0.05) is 29.8 Å². The highest BCUT2D eigenvalue weighted by atomic mass is 32.1. The first kappa shape index (κ1) is 11.4. The zero-order valence-electron chi connectivity index (χ0n) is 10.6. The number of nitrogens with one attached hydrogen (secondary N) is 1. The van der Waals surface area contributed by atoms with Crippen molar-refractivity contribution >= 4 is 27.2 Å². The standard InChI is InChI=1S/C14H10N4OS/c1-8-2-4-9(5-3-8)11-15-12-10-6-7-20-13(10)16-14(19)18(12)17-11/h2-7H,1H3,(H,16,19). The lowest BCUT2D eigenvalue weighted by atomic mass is 10.1. The molecule has 20 heavy (non-hydrogen) atoms. The van der Waals surface area contributed by atoms with Crippen LogP contribution in [0.3, 0.4) is 0 Å². The molecule has 6 heteroatoms. The number of H-pyrrole nitrogens is 1. The highest BCUT2D eigenvalue weighted by Gasteiger charge is 2.12. The van der Waals surface area contributed by atoms with Crippen LogP contribution in [0.15, 0.2) is 40.5 Å². The Bertz CT molecular complexity index is 978. The number of benzene rings is 1. The molecule has 0 radical (unpaired) electrons. The van der Waals surface area contributed by atoms with Crippen LogP contribution in [0.1, 0.15) is 5.56 Å². The van der Waals surface area contributed by atoms with Gasteiger partial charge in [0.1, 0.15) is 4.83 Å². The quantitative estimate of drug-likeness (QED) is 0.583. The number of thiophene rings is 1. The zero-order valence-corrected chi connectivity index (χ0v) is 11.4. The highest BCUT2D eigenvalue weighted by molar-refractivity contribution is 7.16. The number of fused-ring (bicyclic) bond motifs is 3. The van der Waals surface area contributed by atoms with Crippen LogP contribution in [0, 0.1) is 6.92 Å². The van der Waals surface area contributed by atoms with Crippen molar-refractivity contribution in [2.45, 2.75) is 6.92 Å². The van der Waals surface area contributed by atoms with Gasteiger partial charge >= 0.3 is 5.69 Å². The maximum absolute atomic E-state index is 12.0. The maximum atomic E-state index is 12.0. The molecule has 5 nitrogen and oxygen atoms in total. The molecule has 3 aromatic heterocycles. The first-order chi connectivity index (χ1) is 9.72. The molecule has 0 unspecified atom stereocenters. The van der Waals surface area contributed by atoms with Crippen LogP contribution in [0.2, 0.25) is 0 Å². The van der Waals surface area contributed by atoms with Crippen LogP contribution in [-0.2, 0) is 0 Å². The van der Waals surface area contributed by atoms with Crippen molar-refractivity contribution in [1.29, 1.82) is 0 Å². The van der Waals surface area contributed by atoms with E-state index in [1.54, 1.807) is 0 Å². The van der Waals surface area contributed by atoms with Gasteiger partial charge in [0.05, 0.1) is 5.39 Å². The number of aromatic amines is 1. The van der Waals surface area contributed by atoms with Gasteiger partial charge in [-0.15, -0.1) is 16.4 Å². The van der Waals surface area contributed by atoms with E-state index in [9.17, 15) is 4.79 Å². The maximum Gasteiger partial charge on any atom is 0.349 e. The lowest BCUT2D eigenvalue weighted by Gasteiger charge is -1.94. The molecule has 0 saturated heterocycles. The summed E-state index contributed by atoms with van der Waals surface area (Å²) in [5, 5.41) is 7.16. The molecule has 3 heterocycles. The molecule has 0 fully saturated rings. The Morgan fingerprint density at radius 3 is 2.80 bits per heavy atom. The van der Waals surface area contributed by atoms with Crippen molar-refractivity contribution in [2.75, 3.05) is 0 Å². The topological polar surface area (TPSA) is 63.0 Å². The molecule has 1 N–H and O–H groups in total. The third kappa shape index (κ3) is 1.58. The average Bonchev–Trinajstić information content (AvgIpc) is 3.05. The van der Waals surface area contributed by atoms with Crippen LogP contribution in [0.4, 0.5) is 0 Å². The van der Waals surface area contributed by atoms with Gasteiger partial charge in [-0.3, -0.25) is 4.98 Å². The van der Waals surface area contributed by atoms with Crippen molar-refractivity contribution < 1.29 is 0 Å². The van der Waals surface area contributed by atoms with Crippen LogP contribution in [-0.4, -0.2) is 19.6 Å². The van der Waals surface area contributed by atoms with E-state index in [-0.39, 0.29) is 5.69 Å². The summed E-state index contributed by atoms with van der Waals surface area (Å²) in [7, 11) is 0. The van der Waals surface area contributed by atoms with Gasteiger partial charge in [0.25, 0.3) is 0 Å². The van der Waals surface area contributed by atoms with Gasteiger partial charge in [0, 0.05) is 5.56 Å². The summed E-state index contributed by atoms with van der Waals surface area (Å²) in [6.07, 6.45) is 0. The Morgan fingerprint density at radius 2 is 2.00 bits per heavy atom. The average molecular weight is 282 g/mol. The van der Waals surface area contributed by atoms with Gasteiger partial charge in [0.15, 0.2) is 11.5 Å². The molecule has 0 amide bonds. The van der Waals surface area contributed by atoms with Crippen molar-refractivity contribution in [1.82, 2.24) is 19.6 Å². The van der Waals surface area contributed by atoms with E-state index in [1.807, 2.05) is 42.6 Å². The summed E-state index contributed by atoms with van der Waals surface area (Å²) in [5.74, 6) is 0.564. The minimum atomic E-state index is -0.263. The van der Waals surface area contributed by atoms with E-state index in [1.165, 1.54) is 21.4 Å². The second kappa shape index (κ2) is 4.01. The summed E-state index contributed by atoms with van der Waals surface area (Å²) in [5.41, 5.74) is 2.42. The van der Waals surface area contributed by atoms with Gasteiger partial charge < -0.3 is 0 Å². The first-order valence-electron chi connectivity index (χ1n) is 6.16. The number of hydrogen-bond acceptors (Lipinski definition) is 4. The molecular weight excluding hydrogens is 272 g/mol. The number of aromatic nitrogens is 4. The summed E-state index contributed by atoms with van der Waals surface area (Å²) in [6.45, 7) is 2.03. The van der Waals surface area contributed by atoms with E-state index in [0.29, 0.717) is 11.5 Å². The van der Waals surface area contributed by atoms with Crippen molar-refractivity contribution in [3.8, 4) is 11.4 Å². The van der Waals surface area contributed by atoms with Crippen LogP contribution in [0.5, 0.6) is 0 Å². The van der Waals surface area contributed by atoms with Crippen molar-refractivity contribution in [3.05, 3.63) is 51.8 Å². The lowest BCUT2D eigenvalue weighted by Crippen LogP contribution is -2.16. The van der Waals surface area contributed by atoms with Crippen molar-refractivity contribution in [2.24, 2.45) is 0 Å². The minimum absolute atomic E-state index is 0.263. The van der Waals surface area contributed by atoms with Crippen LogP contribution in [0.25, 0.3) is 27.3 Å². The molecule has 4 aromatic rings. The Hall–Kier alpha value is -2.47.